The number of nitrogens with one attached hydrogen (secondary N) is 1. The SMILES string of the molecule is CSC(C(=O)NC1CCCc2cc(N)ccc21)c1ccccc1.Cl. The molecular formula is C19H23ClN2OS. The summed E-state index contributed by atoms with van der Waals surface area (Å²) in [4.78, 5) is 12.8. The van der Waals surface area contributed by atoms with E-state index in [1.807, 2.05) is 48.7 Å². The van der Waals surface area contributed by atoms with E-state index >= 15 is 0 Å². The second kappa shape index (κ2) is 8.45. The molecule has 0 fully saturated rings. The van der Waals surface area contributed by atoms with Crippen molar-refractivity contribution in [2.45, 2.75) is 30.6 Å². The highest BCUT2D eigenvalue weighted by Crippen LogP contribution is 2.33. The number of nitrogen functional groups attached to an aromatic ring is 1. The number of thioether (sulfide) groups is 1. The van der Waals surface area contributed by atoms with E-state index in [9.17, 15) is 4.79 Å². The number of hydrogen-bond donors (Lipinski definition) is 2. The van der Waals surface area contributed by atoms with Crippen LogP contribution in [0.2, 0.25) is 0 Å². The molecule has 3 nitrogen and oxygen atoms in total. The van der Waals surface area contributed by atoms with Crippen molar-refractivity contribution < 1.29 is 4.79 Å². The summed E-state index contributed by atoms with van der Waals surface area (Å²) >= 11 is 1.57. The first kappa shape index (κ1) is 18.7. The minimum Gasteiger partial charge on any atom is -0.399 e. The standard InChI is InChI=1S/C19H22N2OS.ClH/c1-23-18(13-6-3-2-4-7-13)19(22)21-17-9-5-8-14-12-15(20)10-11-16(14)17;/h2-4,6-7,10-12,17-18H,5,8-9,20H2,1H3,(H,21,22);1H. The molecule has 0 spiro atoms. The van der Waals surface area contributed by atoms with Crippen LogP contribution in [0.25, 0.3) is 0 Å². The van der Waals surface area contributed by atoms with Gasteiger partial charge in [0.1, 0.15) is 5.25 Å². The van der Waals surface area contributed by atoms with E-state index in [0.717, 1.165) is 30.5 Å². The number of benzene rings is 2. The van der Waals surface area contributed by atoms with Crippen molar-refractivity contribution in [3.63, 3.8) is 0 Å². The Morgan fingerprint density at radius 3 is 2.71 bits per heavy atom. The number of hydrogen-bond acceptors (Lipinski definition) is 3. The van der Waals surface area contributed by atoms with Gasteiger partial charge in [0.15, 0.2) is 0 Å². The lowest BCUT2D eigenvalue weighted by Crippen LogP contribution is -2.33. The maximum Gasteiger partial charge on any atom is 0.238 e. The van der Waals surface area contributed by atoms with E-state index in [1.54, 1.807) is 11.8 Å². The van der Waals surface area contributed by atoms with Gasteiger partial charge in [0.25, 0.3) is 0 Å². The Labute approximate surface area is 153 Å². The van der Waals surface area contributed by atoms with Gasteiger partial charge in [-0.3, -0.25) is 4.79 Å². The van der Waals surface area contributed by atoms with Gasteiger partial charge in [-0.15, -0.1) is 24.2 Å². The molecule has 3 N–H and O–H groups in total. The van der Waals surface area contributed by atoms with E-state index in [-0.39, 0.29) is 29.6 Å². The van der Waals surface area contributed by atoms with Crippen LogP contribution in [0.4, 0.5) is 5.69 Å². The van der Waals surface area contributed by atoms with Crippen molar-refractivity contribution in [2.24, 2.45) is 0 Å². The quantitative estimate of drug-likeness (QED) is 0.798. The van der Waals surface area contributed by atoms with Gasteiger partial charge in [0.2, 0.25) is 5.91 Å². The number of aryl methyl sites for hydroxylation is 1. The minimum atomic E-state index is -0.171. The molecule has 2 atom stereocenters. The molecule has 2 aromatic carbocycles. The Balaban J connectivity index is 0.00000208. The first-order chi connectivity index (χ1) is 11.2. The highest BCUT2D eigenvalue weighted by Gasteiger charge is 2.26. The van der Waals surface area contributed by atoms with Crippen LogP contribution in [-0.2, 0) is 11.2 Å². The first-order valence-electron chi connectivity index (χ1n) is 7.95. The maximum atomic E-state index is 12.8. The first-order valence-corrected chi connectivity index (χ1v) is 9.24. The van der Waals surface area contributed by atoms with Crippen molar-refractivity contribution in [3.8, 4) is 0 Å². The van der Waals surface area contributed by atoms with Crippen LogP contribution in [0.1, 0.15) is 40.8 Å². The highest BCUT2D eigenvalue weighted by atomic mass is 35.5. The van der Waals surface area contributed by atoms with Gasteiger partial charge in [-0.05, 0) is 54.3 Å². The van der Waals surface area contributed by atoms with Crippen molar-refractivity contribution in [2.75, 3.05) is 12.0 Å². The number of nitrogens with two attached hydrogens (primary N) is 1. The van der Waals surface area contributed by atoms with Crippen molar-refractivity contribution in [1.29, 1.82) is 0 Å². The molecule has 0 radical (unpaired) electrons. The van der Waals surface area contributed by atoms with E-state index in [2.05, 4.69) is 11.4 Å². The molecule has 0 heterocycles. The largest absolute Gasteiger partial charge is 0.399 e. The van der Waals surface area contributed by atoms with E-state index in [0.29, 0.717) is 0 Å². The van der Waals surface area contributed by atoms with Gasteiger partial charge >= 0.3 is 0 Å². The number of carbonyl (C=O) groups excluding carboxylic acids is 1. The molecule has 0 aliphatic heterocycles. The molecule has 128 valence electrons. The third-order valence-electron chi connectivity index (χ3n) is 4.37. The predicted molar refractivity (Wildman–Crippen MR) is 105 cm³/mol. The lowest BCUT2D eigenvalue weighted by molar-refractivity contribution is -0.121. The Kier molecular flexibility index (Phi) is 6.58. The minimum absolute atomic E-state index is 0. The number of anilines is 1. The fraction of sp³-hybridized carbons (Fsp3) is 0.316. The zero-order chi connectivity index (χ0) is 16.2. The van der Waals surface area contributed by atoms with Crippen molar-refractivity contribution >= 4 is 35.8 Å². The van der Waals surface area contributed by atoms with Gasteiger partial charge in [0, 0.05) is 5.69 Å². The van der Waals surface area contributed by atoms with Crippen LogP contribution in [0.15, 0.2) is 48.5 Å². The third kappa shape index (κ3) is 4.05. The Hall–Kier alpha value is -1.65. The topological polar surface area (TPSA) is 55.1 Å². The second-order valence-electron chi connectivity index (χ2n) is 5.94. The lowest BCUT2D eigenvalue weighted by Gasteiger charge is -2.28. The normalized spacial score (nSPS) is 17.3. The smallest absolute Gasteiger partial charge is 0.238 e. The number of fused-ring (bicyclic) bond motifs is 1. The number of carbonyl (C=O) groups is 1. The average Bonchev–Trinajstić information content (AvgIpc) is 2.56. The molecular weight excluding hydrogens is 340 g/mol. The van der Waals surface area contributed by atoms with E-state index in [4.69, 9.17) is 5.73 Å². The zero-order valence-electron chi connectivity index (χ0n) is 13.7. The molecule has 5 heteroatoms. The summed E-state index contributed by atoms with van der Waals surface area (Å²) in [6.45, 7) is 0. The molecule has 0 saturated heterocycles. The van der Waals surface area contributed by atoms with Gasteiger partial charge in [0.05, 0.1) is 6.04 Å². The second-order valence-corrected chi connectivity index (χ2v) is 6.88. The summed E-state index contributed by atoms with van der Waals surface area (Å²) in [5, 5.41) is 3.07. The Morgan fingerprint density at radius 2 is 2.00 bits per heavy atom. The molecule has 3 rings (SSSR count). The lowest BCUT2D eigenvalue weighted by atomic mass is 9.87. The summed E-state index contributed by atoms with van der Waals surface area (Å²) in [7, 11) is 0. The van der Waals surface area contributed by atoms with Crippen molar-refractivity contribution in [1.82, 2.24) is 5.32 Å². The highest BCUT2D eigenvalue weighted by molar-refractivity contribution is 7.99. The summed E-state index contributed by atoms with van der Waals surface area (Å²) in [5.74, 6) is 0.0818. The zero-order valence-corrected chi connectivity index (χ0v) is 15.3. The molecule has 0 saturated carbocycles. The molecule has 0 bridgehead atoms. The molecule has 2 unspecified atom stereocenters. The van der Waals surface area contributed by atoms with E-state index in [1.165, 1.54) is 11.1 Å². The molecule has 1 aliphatic rings. The predicted octanol–water partition coefficient (Wildman–Crippen LogP) is 4.29. The Morgan fingerprint density at radius 1 is 1.25 bits per heavy atom. The van der Waals surface area contributed by atoms with Crippen molar-refractivity contribution in [3.05, 3.63) is 65.2 Å². The third-order valence-corrected chi connectivity index (χ3v) is 5.33. The van der Waals surface area contributed by atoms with Gasteiger partial charge in [-0.25, -0.2) is 0 Å². The van der Waals surface area contributed by atoms with Crippen LogP contribution in [-0.4, -0.2) is 12.2 Å². The molecule has 1 amide bonds. The summed E-state index contributed by atoms with van der Waals surface area (Å²) in [6, 6.07) is 16.1. The fourth-order valence-electron chi connectivity index (χ4n) is 3.25. The van der Waals surface area contributed by atoms with E-state index < -0.39 is 0 Å². The monoisotopic (exact) mass is 362 g/mol. The summed E-state index contributed by atoms with van der Waals surface area (Å²) in [6.07, 6.45) is 5.08. The number of amides is 1. The average molecular weight is 363 g/mol. The molecule has 0 aromatic heterocycles. The van der Waals surface area contributed by atoms with Crippen LogP contribution in [0.5, 0.6) is 0 Å². The summed E-state index contributed by atoms with van der Waals surface area (Å²) in [5.41, 5.74) is 10.2. The van der Waals surface area contributed by atoms with Gasteiger partial charge < -0.3 is 11.1 Å². The van der Waals surface area contributed by atoms with Crippen LogP contribution in [0, 0.1) is 0 Å². The van der Waals surface area contributed by atoms with Gasteiger partial charge in [-0.2, -0.15) is 0 Å². The molecule has 24 heavy (non-hydrogen) atoms. The fourth-order valence-corrected chi connectivity index (χ4v) is 3.97. The number of rotatable bonds is 4. The molecule has 2 aromatic rings. The van der Waals surface area contributed by atoms with Crippen LogP contribution < -0.4 is 11.1 Å². The van der Waals surface area contributed by atoms with Crippen LogP contribution >= 0.6 is 24.2 Å². The molecule has 1 aliphatic carbocycles. The Bertz CT molecular complexity index is 693. The summed E-state index contributed by atoms with van der Waals surface area (Å²) < 4.78 is 0. The number of halogens is 1. The van der Waals surface area contributed by atoms with Gasteiger partial charge in [-0.1, -0.05) is 36.4 Å². The van der Waals surface area contributed by atoms with Crippen LogP contribution in [0.3, 0.4) is 0 Å². The maximum absolute atomic E-state index is 12.8.